The highest BCUT2D eigenvalue weighted by Gasteiger charge is 2.36. The second-order valence-electron chi connectivity index (χ2n) is 6.49. The van der Waals surface area contributed by atoms with E-state index in [0.717, 1.165) is 29.8 Å². The SMILES string of the molecule is Cc1ccc(F)c(C(=O)N(Cc2c(C)nn(C)c2C)C2CC2)c1Cl. The molecule has 1 aromatic carbocycles. The summed E-state index contributed by atoms with van der Waals surface area (Å²) in [6.07, 6.45) is 1.88. The second kappa shape index (κ2) is 6.20. The van der Waals surface area contributed by atoms with Gasteiger partial charge in [-0.15, -0.1) is 0 Å². The minimum Gasteiger partial charge on any atom is -0.331 e. The standard InChI is InChI=1S/C18H21ClFN3O/c1-10-5-8-15(20)16(17(10)19)18(24)23(13-6-7-13)9-14-11(2)21-22(4)12(14)3/h5,8,13H,6-7,9H2,1-4H3. The van der Waals surface area contributed by atoms with Gasteiger partial charge in [0, 0.05) is 30.9 Å². The number of carbonyl (C=O) groups excluding carboxylic acids is 1. The Balaban J connectivity index is 1.98. The third kappa shape index (κ3) is 2.93. The number of hydrogen-bond donors (Lipinski definition) is 0. The van der Waals surface area contributed by atoms with Crippen LogP contribution in [0, 0.1) is 26.6 Å². The molecule has 1 heterocycles. The Bertz CT molecular complexity index is 811. The number of benzene rings is 1. The molecular formula is C18H21ClFN3O. The second-order valence-corrected chi connectivity index (χ2v) is 6.87. The van der Waals surface area contributed by atoms with Gasteiger partial charge in [0.05, 0.1) is 16.3 Å². The summed E-state index contributed by atoms with van der Waals surface area (Å²) in [5.41, 5.74) is 3.60. The highest BCUT2D eigenvalue weighted by atomic mass is 35.5. The first-order valence-electron chi connectivity index (χ1n) is 8.06. The zero-order valence-electron chi connectivity index (χ0n) is 14.4. The van der Waals surface area contributed by atoms with Crippen molar-refractivity contribution in [2.24, 2.45) is 7.05 Å². The first-order chi connectivity index (χ1) is 11.3. The zero-order valence-corrected chi connectivity index (χ0v) is 15.1. The van der Waals surface area contributed by atoms with E-state index in [1.807, 2.05) is 20.9 Å². The molecule has 3 rings (SSSR count). The lowest BCUT2D eigenvalue weighted by Crippen LogP contribution is -2.34. The number of aryl methyl sites for hydroxylation is 3. The van der Waals surface area contributed by atoms with Gasteiger partial charge in [-0.1, -0.05) is 17.7 Å². The summed E-state index contributed by atoms with van der Waals surface area (Å²) in [5.74, 6) is -0.910. The normalized spacial score (nSPS) is 14.1. The topological polar surface area (TPSA) is 38.1 Å². The fourth-order valence-electron chi connectivity index (χ4n) is 2.97. The summed E-state index contributed by atoms with van der Waals surface area (Å²) in [6, 6.07) is 3.04. The molecule has 128 valence electrons. The molecule has 6 heteroatoms. The highest BCUT2D eigenvalue weighted by molar-refractivity contribution is 6.34. The van der Waals surface area contributed by atoms with Crippen LogP contribution in [0.15, 0.2) is 12.1 Å². The Morgan fingerprint density at radius 2 is 2.04 bits per heavy atom. The lowest BCUT2D eigenvalue weighted by molar-refractivity contribution is 0.0724. The van der Waals surface area contributed by atoms with Crippen molar-refractivity contribution in [3.8, 4) is 0 Å². The molecule has 0 atom stereocenters. The maximum atomic E-state index is 14.3. The van der Waals surface area contributed by atoms with Crippen molar-refractivity contribution < 1.29 is 9.18 Å². The van der Waals surface area contributed by atoms with Crippen LogP contribution in [0.25, 0.3) is 0 Å². The molecule has 0 N–H and O–H groups in total. The number of nitrogens with zero attached hydrogens (tertiary/aromatic N) is 3. The monoisotopic (exact) mass is 349 g/mol. The van der Waals surface area contributed by atoms with E-state index in [0.29, 0.717) is 12.1 Å². The van der Waals surface area contributed by atoms with Gasteiger partial charge >= 0.3 is 0 Å². The number of hydrogen-bond acceptors (Lipinski definition) is 2. The van der Waals surface area contributed by atoms with E-state index in [2.05, 4.69) is 5.10 Å². The van der Waals surface area contributed by atoms with Crippen molar-refractivity contribution in [3.05, 3.63) is 51.1 Å². The maximum absolute atomic E-state index is 14.3. The Morgan fingerprint density at radius 3 is 2.58 bits per heavy atom. The van der Waals surface area contributed by atoms with Gasteiger partial charge in [0.15, 0.2) is 0 Å². The molecule has 2 aromatic rings. The highest BCUT2D eigenvalue weighted by Crippen LogP contribution is 2.33. The number of rotatable bonds is 4. The third-order valence-corrected chi connectivity index (χ3v) is 5.22. The fourth-order valence-corrected chi connectivity index (χ4v) is 3.20. The number of amides is 1. The predicted octanol–water partition coefficient (Wildman–Crippen LogP) is 3.94. The van der Waals surface area contributed by atoms with Gasteiger partial charge in [0.25, 0.3) is 5.91 Å². The predicted molar refractivity (Wildman–Crippen MR) is 91.7 cm³/mol. The van der Waals surface area contributed by atoms with E-state index in [9.17, 15) is 9.18 Å². The molecule has 1 saturated carbocycles. The van der Waals surface area contributed by atoms with Gasteiger partial charge in [-0.05, 0) is 45.2 Å². The van der Waals surface area contributed by atoms with Crippen LogP contribution in [-0.4, -0.2) is 26.6 Å². The lowest BCUT2D eigenvalue weighted by atomic mass is 10.1. The molecule has 0 saturated heterocycles. The van der Waals surface area contributed by atoms with Gasteiger partial charge in [-0.25, -0.2) is 4.39 Å². The van der Waals surface area contributed by atoms with E-state index in [4.69, 9.17) is 11.6 Å². The van der Waals surface area contributed by atoms with E-state index in [1.165, 1.54) is 6.07 Å². The van der Waals surface area contributed by atoms with Crippen LogP contribution in [0.5, 0.6) is 0 Å². The Labute approximate surface area is 146 Å². The average Bonchev–Trinajstić information content (AvgIpc) is 3.32. The quantitative estimate of drug-likeness (QED) is 0.838. The van der Waals surface area contributed by atoms with Crippen LogP contribution in [0.1, 0.15) is 45.7 Å². The van der Waals surface area contributed by atoms with E-state index >= 15 is 0 Å². The minimum absolute atomic E-state index is 0.0252. The lowest BCUT2D eigenvalue weighted by Gasteiger charge is -2.24. The molecule has 0 radical (unpaired) electrons. The summed E-state index contributed by atoms with van der Waals surface area (Å²) in [6.45, 7) is 6.11. The molecule has 1 aliphatic rings. The van der Waals surface area contributed by atoms with Crippen molar-refractivity contribution in [3.63, 3.8) is 0 Å². The molecule has 0 aliphatic heterocycles. The summed E-state index contributed by atoms with van der Waals surface area (Å²) in [7, 11) is 1.88. The molecule has 0 unspecified atom stereocenters. The molecule has 4 nitrogen and oxygen atoms in total. The Hall–Kier alpha value is -1.88. The Morgan fingerprint density at radius 1 is 1.38 bits per heavy atom. The molecule has 24 heavy (non-hydrogen) atoms. The molecule has 1 aliphatic carbocycles. The molecule has 0 spiro atoms. The minimum atomic E-state index is -0.569. The number of carbonyl (C=O) groups is 1. The maximum Gasteiger partial charge on any atom is 0.258 e. The molecule has 1 aromatic heterocycles. The van der Waals surface area contributed by atoms with Gasteiger partial charge in [0.2, 0.25) is 0 Å². The number of halogens is 2. The zero-order chi connectivity index (χ0) is 17.6. The fraction of sp³-hybridized carbons (Fsp3) is 0.444. The van der Waals surface area contributed by atoms with Crippen LogP contribution in [0.3, 0.4) is 0 Å². The first kappa shape index (κ1) is 17.0. The average molecular weight is 350 g/mol. The summed E-state index contributed by atoms with van der Waals surface area (Å²) >= 11 is 6.23. The van der Waals surface area contributed by atoms with E-state index < -0.39 is 5.82 Å². The van der Waals surface area contributed by atoms with Crippen molar-refractivity contribution in [1.29, 1.82) is 0 Å². The van der Waals surface area contributed by atoms with E-state index in [-0.39, 0.29) is 22.5 Å². The van der Waals surface area contributed by atoms with Crippen molar-refractivity contribution in [1.82, 2.24) is 14.7 Å². The van der Waals surface area contributed by atoms with E-state index in [1.54, 1.807) is 22.6 Å². The molecule has 1 fully saturated rings. The smallest absolute Gasteiger partial charge is 0.258 e. The van der Waals surface area contributed by atoms with Crippen LogP contribution >= 0.6 is 11.6 Å². The Kier molecular flexibility index (Phi) is 4.38. The molecular weight excluding hydrogens is 329 g/mol. The summed E-state index contributed by atoms with van der Waals surface area (Å²) in [5, 5.41) is 4.60. The van der Waals surface area contributed by atoms with Crippen molar-refractivity contribution in [2.45, 2.75) is 46.2 Å². The van der Waals surface area contributed by atoms with Gasteiger partial charge in [0.1, 0.15) is 5.82 Å². The largest absolute Gasteiger partial charge is 0.331 e. The van der Waals surface area contributed by atoms with Crippen LogP contribution < -0.4 is 0 Å². The summed E-state index contributed by atoms with van der Waals surface area (Å²) in [4.78, 5) is 14.8. The van der Waals surface area contributed by atoms with Crippen LogP contribution in [0.2, 0.25) is 5.02 Å². The number of aromatic nitrogens is 2. The van der Waals surface area contributed by atoms with Crippen LogP contribution in [0.4, 0.5) is 4.39 Å². The van der Waals surface area contributed by atoms with Crippen molar-refractivity contribution >= 4 is 17.5 Å². The molecule has 1 amide bonds. The van der Waals surface area contributed by atoms with Gasteiger partial charge < -0.3 is 4.90 Å². The van der Waals surface area contributed by atoms with Gasteiger partial charge in [-0.2, -0.15) is 5.10 Å². The third-order valence-electron chi connectivity index (χ3n) is 4.73. The van der Waals surface area contributed by atoms with Crippen molar-refractivity contribution in [2.75, 3.05) is 0 Å². The van der Waals surface area contributed by atoms with Gasteiger partial charge in [-0.3, -0.25) is 9.48 Å². The molecule has 0 bridgehead atoms. The van der Waals surface area contributed by atoms with Crippen LogP contribution in [-0.2, 0) is 13.6 Å². The summed E-state index contributed by atoms with van der Waals surface area (Å²) < 4.78 is 16.1. The first-order valence-corrected chi connectivity index (χ1v) is 8.43.